The number of ether oxygens (including phenoxy) is 6. The molecule has 2 aliphatic rings. The van der Waals surface area contributed by atoms with E-state index < -0.39 is 85.7 Å². The number of carbonyl (C=O) groups excluding carboxylic acids is 2. The van der Waals surface area contributed by atoms with E-state index in [1.807, 2.05) is 0 Å². The number of hydrogen-bond acceptors (Lipinski definition) is 16. The van der Waals surface area contributed by atoms with Gasteiger partial charge in [0.25, 0.3) is 0 Å². The van der Waals surface area contributed by atoms with Crippen LogP contribution < -0.4 is 0 Å². The number of aliphatic hydroxyl groups excluding tert-OH is 4. The first kappa shape index (κ1) is 35.8. The fourth-order valence-corrected chi connectivity index (χ4v) is 4.95. The van der Waals surface area contributed by atoms with Gasteiger partial charge in [0.1, 0.15) is 43.2 Å². The van der Waals surface area contributed by atoms with Crippen LogP contribution in [-0.2, 0) is 44.4 Å². The molecular weight excluding hydrogens is 628 g/mol. The van der Waals surface area contributed by atoms with E-state index in [0.717, 1.165) is 13.0 Å². The highest BCUT2D eigenvalue weighted by molar-refractivity contribution is 5.87. The Morgan fingerprint density at radius 1 is 0.809 bits per heavy atom. The average molecular weight is 667 g/mol. The van der Waals surface area contributed by atoms with Crippen LogP contribution in [-0.4, -0.2) is 127 Å². The average Bonchev–Trinajstić information content (AvgIpc) is 3.02. The van der Waals surface area contributed by atoms with Gasteiger partial charge in [-0.3, -0.25) is 4.79 Å². The number of hydrogen-bond donors (Lipinski definition) is 8. The first-order chi connectivity index (χ1) is 22.2. The summed E-state index contributed by atoms with van der Waals surface area (Å²) >= 11 is 0. The van der Waals surface area contributed by atoms with Crippen molar-refractivity contribution in [3.8, 4) is 23.0 Å². The zero-order chi connectivity index (χ0) is 34.4. The maximum absolute atomic E-state index is 12.5. The van der Waals surface area contributed by atoms with Crippen molar-refractivity contribution in [3.05, 3.63) is 53.6 Å². The number of phenolic OH excluding ortho intramolecular Hbond substituents is 4. The molecule has 16 heteroatoms. The second-order valence-corrected chi connectivity index (χ2v) is 11.0. The third-order valence-corrected chi connectivity index (χ3v) is 7.53. The van der Waals surface area contributed by atoms with Gasteiger partial charge in [0, 0.05) is 13.0 Å². The summed E-state index contributed by atoms with van der Waals surface area (Å²) in [6.45, 7) is 1.83. The highest BCUT2D eigenvalue weighted by Crippen LogP contribution is 2.32. The van der Waals surface area contributed by atoms with Crippen LogP contribution in [0.5, 0.6) is 23.0 Å². The number of esters is 2. The maximum atomic E-state index is 12.5. The molecule has 2 fully saturated rings. The molecule has 10 atom stereocenters. The molecule has 2 aromatic rings. The summed E-state index contributed by atoms with van der Waals surface area (Å²) in [5.41, 5.74) is 0.930. The number of benzene rings is 2. The van der Waals surface area contributed by atoms with Crippen LogP contribution in [0.15, 0.2) is 42.5 Å². The Bertz CT molecular complexity index is 1410. The fraction of sp³-hybridized carbons (Fsp3) is 0.484. The van der Waals surface area contributed by atoms with Gasteiger partial charge in [-0.25, -0.2) is 4.79 Å². The summed E-state index contributed by atoms with van der Waals surface area (Å²) in [5.74, 6) is -3.11. The van der Waals surface area contributed by atoms with Crippen molar-refractivity contribution >= 4 is 18.0 Å². The molecule has 0 radical (unpaired) electrons. The molecule has 0 unspecified atom stereocenters. The third kappa shape index (κ3) is 9.09. The van der Waals surface area contributed by atoms with Crippen LogP contribution in [0.3, 0.4) is 0 Å². The highest BCUT2D eigenvalue weighted by atomic mass is 16.7. The lowest BCUT2D eigenvalue weighted by Crippen LogP contribution is -2.65. The van der Waals surface area contributed by atoms with Gasteiger partial charge in [-0.2, -0.15) is 0 Å². The van der Waals surface area contributed by atoms with Crippen molar-refractivity contribution in [1.82, 2.24) is 0 Å². The molecule has 2 saturated heterocycles. The molecule has 0 spiro atoms. The molecule has 0 bridgehead atoms. The van der Waals surface area contributed by atoms with E-state index in [4.69, 9.17) is 28.4 Å². The zero-order valence-electron chi connectivity index (χ0n) is 25.4. The first-order valence-corrected chi connectivity index (χ1v) is 14.6. The molecule has 16 nitrogen and oxygen atoms in total. The largest absolute Gasteiger partial charge is 0.504 e. The lowest BCUT2D eigenvalue weighted by Gasteiger charge is -2.46. The molecule has 0 aliphatic carbocycles. The van der Waals surface area contributed by atoms with Crippen molar-refractivity contribution in [1.29, 1.82) is 0 Å². The number of carbonyl (C=O) groups is 2. The van der Waals surface area contributed by atoms with E-state index in [2.05, 4.69) is 0 Å². The predicted molar refractivity (Wildman–Crippen MR) is 157 cm³/mol. The van der Waals surface area contributed by atoms with E-state index in [9.17, 15) is 50.4 Å². The van der Waals surface area contributed by atoms with Gasteiger partial charge in [0.05, 0.1) is 12.7 Å². The van der Waals surface area contributed by atoms with E-state index in [1.54, 1.807) is 0 Å². The maximum Gasteiger partial charge on any atom is 0.330 e. The van der Waals surface area contributed by atoms with Gasteiger partial charge >= 0.3 is 11.9 Å². The van der Waals surface area contributed by atoms with Crippen LogP contribution in [0, 0.1) is 0 Å². The molecule has 0 amide bonds. The van der Waals surface area contributed by atoms with Gasteiger partial charge in [-0.1, -0.05) is 12.1 Å². The van der Waals surface area contributed by atoms with Crippen LogP contribution in [0.1, 0.15) is 25.0 Å². The van der Waals surface area contributed by atoms with E-state index in [-0.39, 0.29) is 30.3 Å². The summed E-state index contributed by atoms with van der Waals surface area (Å²) in [6, 6.07) is 8.02. The van der Waals surface area contributed by atoms with Gasteiger partial charge < -0.3 is 69.3 Å². The molecule has 8 N–H and O–H groups in total. The van der Waals surface area contributed by atoms with Gasteiger partial charge in [-0.05, 0) is 54.8 Å². The Morgan fingerprint density at radius 3 is 2.15 bits per heavy atom. The van der Waals surface area contributed by atoms with Crippen LogP contribution in [0.25, 0.3) is 6.08 Å². The first-order valence-electron chi connectivity index (χ1n) is 14.6. The van der Waals surface area contributed by atoms with E-state index in [0.29, 0.717) is 11.1 Å². The number of aromatic hydroxyl groups is 4. The number of aliphatic hydroxyl groups is 4. The minimum absolute atomic E-state index is 0.103. The summed E-state index contributed by atoms with van der Waals surface area (Å²) in [6.07, 6.45) is -12.6. The normalized spacial score (nSPS) is 31.0. The smallest absolute Gasteiger partial charge is 0.330 e. The van der Waals surface area contributed by atoms with Crippen LogP contribution in [0.2, 0.25) is 0 Å². The Kier molecular flexibility index (Phi) is 12.0. The Morgan fingerprint density at radius 2 is 1.49 bits per heavy atom. The summed E-state index contributed by atoms with van der Waals surface area (Å²) in [7, 11) is 0. The summed E-state index contributed by atoms with van der Waals surface area (Å²) < 4.78 is 33.8. The molecule has 0 saturated carbocycles. The molecule has 0 aromatic heterocycles. The quantitative estimate of drug-likeness (QED) is 0.0859. The molecule has 258 valence electrons. The predicted octanol–water partition coefficient (Wildman–Crippen LogP) is -0.445. The van der Waals surface area contributed by atoms with Crippen molar-refractivity contribution in [2.45, 2.75) is 81.7 Å². The van der Waals surface area contributed by atoms with Gasteiger partial charge in [0.2, 0.25) is 0 Å². The van der Waals surface area contributed by atoms with Crippen molar-refractivity contribution in [3.63, 3.8) is 0 Å². The fourth-order valence-electron chi connectivity index (χ4n) is 4.95. The zero-order valence-corrected chi connectivity index (χ0v) is 25.4. The van der Waals surface area contributed by atoms with Gasteiger partial charge in [0.15, 0.2) is 41.7 Å². The number of rotatable bonds is 11. The molecule has 2 aromatic carbocycles. The second kappa shape index (κ2) is 15.7. The topological polar surface area (TPSA) is 251 Å². The SMILES string of the molecule is CC(=O)O[C@H]1[C@@H](OCCc2ccc(O)c(O)c2)O[C@@H](COC(=O)C=Cc2ccc(O)c(O)c2)[C@H](O)[C@H]1O[C@@H]1O[C@@H](C)[C@H](O)[C@@H](O)[C@@H]1O. The van der Waals surface area contributed by atoms with Crippen molar-refractivity contribution in [2.75, 3.05) is 13.2 Å². The molecular formula is C31H38O16. The number of phenols is 4. The minimum Gasteiger partial charge on any atom is -0.504 e. The molecule has 4 rings (SSSR count). The molecule has 2 heterocycles. The highest BCUT2D eigenvalue weighted by Gasteiger charge is 2.52. The van der Waals surface area contributed by atoms with E-state index >= 15 is 0 Å². The van der Waals surface area contributed by atoms with Gasteiger partial charge in [-0.15, -0.1) is 0 Å². The van der Waals surface area contributed by atoms with Crippen LogP contribution in [0.4, 0.5) is 0 Å². The molecule has 2 aliphatic heterocycles. The Balaban J connectivity index is 1.53. The summed E-state index contributed by atoms with van der Waals surface area (Å²) in [5, 5.41) is 80.7. The lowest BCUT2D eigenvalue weighted by molar-refractivity contribution is -0.357. The van der Waals surface area contributed by atoms with E-state index in [1.165, 1.54) is 49.4 Å². The lowest BCUT2D eigenvalue weighted by atomic mass is 9.97. The third-order valence-electron chi connectivity index (χ3n) is 7.53. The van der Waals surface area contributed by atoms with Crippen molar-refractivity contribution in [2.24, 2.45) is 0 Å². The monoisotopic (exact) mass is 666 g/mol. The Labute approximate surface area is 268 Å². The molecule has 47 heavy (non-hydrogen) atoms. The Hall–Kier alpha value is -4.00. The standard InChI is InChI=1S/C31H38O16/c1-14-24(38)26(40)27(41)30(44-14)47-28-25(39)22(13-43-23(37)8-5-16-3-6-18(33)20(35)11-16)46-31(29(28)45-15(2)32)42-10-9-17-4-7-19(34)21(36)12-17/h3-8,11-12,14,22,24-31,33-36,38-41H,9-10,13H2,1-2H3/t14-,22-,24-,25-,26+,27-,28+,29+,30-,31-/m0/s1. The summed E-state index contributed by atoms with van der Waals surface area (Å²) in [4.78, 5) is 24.6. The van der Waals surface area contributed by atoms with Crippen molar-refractivity contribution < 1.29 is 78.9 Å². The second-order valence-electron chi connectivity index (χ2n) is 11.0. The van der Waals surface area contributed by atoms with Crippen LogP contribution >= 0.6 is 0 Å². The minimum atomic E-state index is -1.78.